The van der Waals surface area contributed by atoms with Crippen LogP contribution in [0.25, 0.3) is 0 Å². The highest BCUT2D eigenvalue weighted by Gasteiger charge is 2.52. The average molecular weight is 218 g/mol. The van der Waals surface area contributed by atoms with Crippen molar-refractivity contribution in [2.24, 2.45) is 17.8 Å². The molecule has 0 aliphatic heterocycles. The fourth-order valence-corrected chi connectivity index (χ4v) is 4.85. The van der Waals surface area contributed by atoms with Gasteiger partial charge in [-0.2, -0.15) is 0 Å². The molecule has 0 aromatic carbocycles. The number of nitrogen functional groups attached to an aromatic ring is 1. The molecule has 1 aromatic heterocycles. The summed E-state index contributed by atoms with van der Waals surface area (Å²) in [6, 6.07) is 0. The zero-order valence-electron chi connectivity index (χ0n) is 9.47. The second-order valence-corrected chi connectivity index (χ2v) is 6.23. The Morgan fingerprint density at radius 1 is 1.12 bits per heavy atom. The molecule has 86 valence electrons. The van der Waals surface area contributed by atoms with Gasteiger partial charge in [-0.25, -0.2) is 4.68 Å². The predicted molar refractivity (Wildman–Crippen MR) is 60.6 cm³/mol. The van der Waals surface area contributed by atoms with E-state index in [1.165, 1.54) is 38.5 Å². The van der Waals surface area contributed by atoms with E-state index in [0.29, 0.717) is 5.82 Å². The molecule has 5 rings (SSSR count). The zero-order chi connectivity index (χ0) is 10.8. The number of hydrogen-bond donors (Lipinski definition) is 1. The number of aromatic nitrogens is 3. The summed E-state index contributed by atoms with van der Waals surface area (Å²) in [6.07, 6.45) is 10.2. The van der Waals surface area contributed by atoms with E-state index in [1.54, 1.807) is 0 Å². The smallest absolute Gasteiger partial charge is 0.165 e. The second-order valence-electron chi connectivity index (χ2n) is 6.23. The minimum atomic E-state index is 0.277. The molecule has 0 spiro atoms. The Morgan fingerprint density at radius 2 is 1.69 bits per heavy atom. The Morgan fingerprint density at radius 3 is 2.12 bits per heavy atom. The summed E-state index contributed by atoms with van der Waals surface area (Å²) >= 11 is 0. The summed E-state index contributed by atoms with van der Waals surface area (Å²) in [6.45, 7) is 0. The van der Waals surface area contributed by atoms with Gasteiger partial charge in [0.05, 0.1) is 11.7 Å². The molecule has 4 fully saturated rings. The maximum Gasteiger partial charge on any atom is 0.165 e. The maximum atomic E-state index is 5.70. The molecule has 4 saturated carbocycles. The lowest BCUT2D eigenvalue weighted by atomic mass is 9.53. The molecular formula is C12H18N4. The van der Waals surface area contributed by atoms with Crippen LogP contribution in [0.1, 0.15) is 38.5 Å². The SMILES string of the molecule is Nc1cn(C23CC4CC(CC(C4)C2)C3)nn1. The normalized spacial score (nSPS) is 45.1. The van der Waals surface area contributed by atoms with Crippen molar-refractivity contribution in [1.82, 2.24) is 15.0 Å². The first-order chi connectivity index (χ1) is 7.73. The van der Waals surface area contributed by atoms with Gasteiger partial charge in [0, 0.05) is 0 Å². The van der Waals surface area contributed by atoms with Crippen molar-refractivity contribution in [3.8, 4) is 0 Å². The fraction of sp³-hybridized carbons (Fsp3) is 0.833. The summed E-state index contributed by atoms with van der Waals surface area (Å²) in [5.74, 6) is 3.39. The number of nitrogens with zero attached hydrogens (tertiary/aromatic N) is 3. The monoisotopic (exact) mass is 218 g/mol. The van der Waals surface area contributed by atoms with Crippen LogP contribution in [0.4, 0.5) is 5.82 Å². The predicted octanol–water partition coefficient (Wildman–Crippen LogP) is 1.79. The molecule has 4 aliphatic carbocycles. The quantitative estimate of drug-likeness (QED) is 0.781. The lowest BCUT2D eigenvalue weighted by molar-refractivity contribution is -0.0502. The third-order valence-corrected chi connectivity index (χ3v) is 5.00. The molecule has 4 nitrogen and oxygen atoms in total. The number of rotatable bonds is 1. The first-order valence-electron chi connectivity index (χ1n) is 6.42. The van der Waals surface area contributed by atoms with Crippen LogP contribution in [-0.4, -0.2) is 15.0 Å². The van der Waals surface area contributed by atoms with Crippen molar-refractivity contribution in [3.63, 3.8) is 0 Å². The van der Waals surface area contributed by atoms with Gasteiger partial charge in [0.2, 0.25) is 0 Å². The van der Waals surface area contributed by atoms with Crippen LogP contribution < -0.4 is 5.73 Å². The van der Waals surface area contributed by atoms with E-state index in [0.717, 1.165) is 17.8 Å². The van der Waals surface area contributed by atoms with Crippen LogP contribution >= 0.6 is 0 Å². The zero-order valence-corrected chi connectivity index (χ0v) is 9.47. The minimum absolute atomic E-state index is 0.277. The van der Waals surface area contributed by atoms with Crippen LogP contribution in [0.5, 0.6) is 0 Å². The highest BCUT2D eigenvalue weighted by atomic mass is 15.5. The lowest BCUT2D eigenvalue weighted by Gasteiger charge is -2.56. The molecule has 4 bridgehead atoms. The van der Waals surface area contributed by atoms with E-state index in [-0.39, 0.29) is 5.54 Å². The molecule has 0 saturated heterocycles. The molecule has 16 heavy (non-hydrogen) atoms. The van der Waals surface area contributed by atoms with Crippen molar-refractivity contribution >= 4 is 5.82 Å². The van der Waals surface area contributed by atoms with Crippen LogP contribution in [0, 0.1) is 17.8 Å². The van der Waals surface area contributed by atoms with E-state index >= 15 is 0 Å². The Labute approximate surface area is 95.2 Å². The molecular weight excluding hydrogens is 200 g/mol. The molecule has 0 atom stereocenters. The summed E-state index contributed by atoms with van der Waals surface area (Å²) in [4.78, 5) is 0. The van der Waals surface area contributed by atoms with Crippen molar-refractivity contribution in [3.05, 3.63) is 6.20 Å². The van der Waals surface area contributed by atoms with Crippen LogP contribution in [0.2, 0.25) is 0 Å². The van der Waals surface area contributed by atoms with Gasteiger partial charge in [-0.1, -0.05) is 5.21 Å². The molecule has 0 unspecified atom stereocenters. The van der Waals surface area contributed by atoms with Crippen LogP contribution in [0.15, 0.2) is 6.20 Å². The second kappa shape index (κ2) is 2.79. The molecule has 2 N–H and O–H groups in total. The van der Waals surface area contributed by atoms with E-state index in [9.17, 15) is 0 Å². The first-order valence-corrected chi connectivity index (χ1v) is 6.42. The Balaban J connectivity index is 1.76. The van der Waals surface area contributed by atoms with Gasteiger partial charge in [-0.05, 0) is 56.3 Å². The summed E-state index contributed by atoms with van der Waals surface area (Å²) < 4.78 is 2.09. The van der Waals surface area contributed by atoms with E-state index < -0.39 is 0 Å². The third-order valence-electron chi connectivity index (χ3n) is 5.00. The molecule has 0 amide bonds. The molecule has 0 radical (unpaired) electrons. The number of nitrogens with two attached hydrogens (primary N) is 1. The highest BCUT2D eigenvalue weighted by Crippen LogP contribution is 2.58. The summed E-state index contributed by atoms with van der Waals surface area (Å²) in [5.41, 5.74) is 5.98. The van der Waals surface area contributed by atoms with Gasteiger partial charge in [-0.3, -0.25) is 0 Å². The Bertz CT molecular complexity index is 387. The van der Waals surface area contributed by atoms with Crippen LogP contribution in [-0.2, 0) is 5.54 Å². The van der Waals surface area contributed by atoms with E-state index in [1.807, 2.05) is 6.20 Å². The largest absolute Gasteiger partial charge is 0.381 e. The average Bonchev–Trinajstić information content (AvgIpc) is 2.63. The molecule has 1 aromatic rings. The van der Waals surface area contributed by atoms with Crippen molar-refractivity contribution in [2.75, 3.05) is 5.73 Å². The Kier molecular flexibility index (Phi) is 1.57. The van der Waals surface area contributed by atoms with E-state index in [2.05, 4.69) is 15.0 Å². The fourth-order valence-electron chi connectivity index (χ4n) is 4.85. The third kappa shape index (κ3) is 1.10. The lowest BCUT2D eigenvalue weighted by Crippen LogP contribution is -2.52. The van der Waals surface area contributed by atoms with Crippen molar-refractivity contribution in [2.45, 2.75) is 44.1 Å². The van der Waals surface area contributed by atoms with Gasteiger partial charge in [0.1, 0.15) is 0 Å². The summed E-state index contributed by atoms with van der Waals surface area (Å²) in [7, 11) is 0. The van der Waals surface area contributed by atoms with Gasteiger partial charge < -0.3 is 5.73 Å². The molecule has 1 heterocycles. The number of anilines is 1. The topological polar surface area (TPSA) is 56.7 Å². The first kappa shape index (κ1) is 9.02. The molecule has 4 heteroatoms. The van der Waals surface area contributed by atoms with Crippen molar-refractivity contribution in [1.29, 1.82) is 0 Å². The van der Waals surface area contributed by atoms with Gasteiger partial charge in [0.25, 0.3) is 0 Å². The highest BCUT2D eigenvalue weighted by molar-refractivity contribution is 5.21. The van der Waals surface area contributed by atoms with Gasteiger partial charge in [-0.15, -0.1) is 5.10 Å². The molecule has 4 aliphatic rings. The maximum absolute atomic E-state index is 5.70. The van der Waals surface area contributed by atoms with Gasteiger partial charge >= 0.3 is 0 Å². The van der Waals surface area contributed by atoms with Gasteiger partial charge in [0.15, 0.2) is 5.82 Å². The van der Waals surface area contributed by atoms with Crippen molar-refractivity contribution < 1.29 is 0 Å². The number of hydrogen-bond acceptors (Lipinski definition) is 3. The van der Waals surface area contributed by atoms with Crippen LogP contribution in [0.3, 0.4) is 0 Å². The summed E-state index contributed by atoms with van der Waals surface area (Å²) in [5, 5.41) is 8.21. The standard InChI is InChI=1S/C12H18N4/c13-11-7-16(15-14-11)12-4-8-1-9(5-12)3-10(2-8)6-12/h7-10H,1-6,13H2. The minimum Gasteiger partial charge on any atom is -0.381 e. The van der Waals surface area contributed by atoms with E-state index in [4.69, 9.17) is 5.73 Å². The Hall–Kier alpha value is -1.06.